The summed E-state index contributed by atoms with van der Waals surface area (Å²) in [6.45, 7) is 1.96. The summed E-state index contributed by atoms with van der Waals surface area (Å²) in [7, 11) is 0. The van der Waals surface area contributed by atoms with Crippen LogP contribution in [0.15, 0.2) is 70.1 Å². The van der Waals surface area contributed by atoms with Crippen LogP contribution in [0, 0.1) is 6.92 Å². The predicted octanol–water partition coefficient (Wildman–Crippen LogP) is 4.00. The summed E-state index contributed by atoms with van der Waals surface area (Å²) in [5, 5.41) is 0.507. The maximum atomic E-state index is 12.3. The zero-order valence-electron chi connectivity index (χ0n) is 12.1. The Bertz CT molecular complexity index is 915. The van der Waals surface area contributed by atoms with E-state index >= 15 is 0 Å². The van der Waals surface area contributed by atoms with E-state index in [1.54, 1.807) is 30.3 Å². The van der Waals surface area contributed by atoms with E-state index < -0.39 is 0 Å². The largest absolute Gasteiger partial charge is 0.463 e. The van der Waals surface area contributed by atoms with E-state index in [1.165, 1.54) is 18.4 Å². The first-order valence-electron chi connectivity index (χ1n) is 6.95. The fraction of sp³-hybridized carbons (Fsp3) is 0.0526. The van der Waals surface area contributed by atoms with Gasteiger partial charge in [-0.1, -0.05) is 42.0 Å². The molecule has 22 heavy (non-hydrogen) atoms. The number of para-hydroxylation sites is 1. The van der Waals surface area contributed by atoms with Gasteiger partial charge in [0.15, 0.2) is 11.2 Å². The van der Waals surface area contributed by atoms with E-state index in [-0.39, 0.29) is 11.2 Å². The van der Waals surface area contributed by atoms with Gasteiger partial charge < -0.3 is 4.42 Å². The Morgan fingerprint density at radius 1 is 1.05 bits per heavy atom. The molecular weight excluding hydrogens is 276 g/mol. The molecule has 108 valence electrons. The molecule has 0 unspecified atom stereocenters. The molecule has 3 rings (SSSR count). The first-order valence-corrected chi connectivity index (χ1v) is 6.95. The molecule has 1 heterocycles. The Kier molecular flexibility index (Phi) is 3.71. The van der Waals surface area contributed by atoms with Crippen molar-refractivity contribution in [3.05, 3.63) is 87.8 Å². The lowest BCUT2D eigenvalue weighted by Crippen LogP contribution is -2.05. The summed E-state index contributed by atoms with van der Waals surface area (Å²) < 4.78 is 5.41. The highest BCUT2D eigenvalue weighted by molar-refractivity contribution is 6.06. The third kappa shape index (κ3) is 2.74. The van der Waals surface area contributed by atoms with Crippen LogP contribution in [-0.4, -0.2) is 5.78 Å². The van der Waals surface area contributed by atoms with E-state index in [4.69, 9.17) is 4.42 Å². The number of fused-ring (bicyclic) bond motifs is 1. The third-order valence-electron chi connectivity index (χ3n) is 3.46. The van der Waals surface area contributed by atoms with Crippen molar-refractivity contribution in [3.63, 3.8) is 0 Å². The molecule has 3 nitrogen and oxygen atoms in total. The highest BCUT2D eigenvalue weighted by Crippen LogP contribution is 2.12. The molecule has 3 heteroatoms. The van der Waals surface area contributed by atoms with Crippen LogP contribution in [0.4, 0.5) is 0 Å². The molecule has 0 fully saturated rings. The number of aryl methyl sites for hydroxylation is 1. The van der Waals surface area contributed by atoms with E-state index in [0.717, 1.165) is 5.56 Å². The Balaban J connectivity index is 1.92. The summed E-state index contributed by atoms with van der Waals surface area (Å²) in [6.07, 6.45) is 4.27. The number of carbonyl (C=O) groups excluding carboxylic acids is 1. The van der Waals surface area contributed by atoms with Crippen LogP contribution in [0.25, 0.3) is 17.0 Å². The molecule has 0 amide bonds. The fourth-order valence-electron chi connectivity index (χ4n) is 2.19. The normalized spacial score (nSPS) is 11.1. The molecule has 0 saturated carbocycles. The monoisotopic (exact) mass is 290 g/mol. The van der Waals surface area contributed by atoms with Gasteiger partial charge >= 0.3 is 0 Å². The number of hydrogen-bond donors (Lipinski definition) is 0. The number of carbonyl (C=O) groups is 1. The van der Waals surface area contributed by atoms with Gasteiger partial charge in [0.2, 0.25) is 0 Å². The van der Waals surface area contributed by atoms with Crippen molar-refractivity contribution in [3.8, 4) is 0 Å². The molecular formula is C19H14O3. The third-order valence-corrected chi connectivity index (χ3v) is 3.46. The zero-order valence-corrected chi connectivity index (χ0v) is 12.1. The van der Waals surface area contributed by atoms with Crippen molar-refractivity contribution in [2.75, 3.05) is 0 Å². The minimum Gasteiger partial charge on any atom is -0.463 e. The van der Waals surface area contributed by atoms with Crippen LogP contribution in [0.2, 0.25) is 0 Å². The maximum absolute atomic E-state index is 12.3. The zero-order chi connectivity index (χ0) is 15.5. The molecule has 0 N–H and O–H groups in total. The van der Waals surface area contributed by atoms with Crippen molar-refractivity contribution in [2.45, 2.75) is 6.92 Å². The van der Waals surface area contributed by atoms with Crippen LogP contribution in [0.5, 0.6) is 0 Å². The molecule has 0 aliphatic carbocycles. The second-order valence-electron chi connectivity index (χ2n) is 5.08. The first kappa shape index (κ1) is 14.0. The lowest BCUT2D eigenvalue weighted by atomic mass is 10.1. The standard InChI is InChI=1S/C19H14O3/c1-13-6-8-14(9-7-13)17(20)11-10-15-12-22-18-5-3-2-4-16(18)19(15)21/h2-12H,1H3/b11-10+. The molecule has 0 aliphatic rings. The molecule has 0 saturated heterocycles. The van der Waals surface area contributed by atoms with Crippen LogP contribution >= 0.6 is 0 Å². The highest BCUT2D eigenvalue weighted by Gasteiger charge is 2.05. The fourth-order valence-corrected chi connectivity index (χ4v) is 2.19. The van der Waals surface area contributed by atoms with Crippen molar-refractivity contribution in [1.82, 2.24) is 0 Å². The second kappa shape index (κ2) is 5.82. The number of allylic oxidation sites excluding steroid dienone is 1. The smallest absolute Gasteiger partial charge is 0.199 e. The molecule has 0 atom stereocenters. The van der Waals surface area contributed by atoms with Gasteiger partial charge in [0.25, 0.3) is 0 Å². The quantitative estimate of drug-likeness (QED) is 0.541. The average molecular weight is 290 g/mol. The molecule has 0 aliphatic heterocycles. The topological polar surface area (TPSA) is 47.3 Å². The van der Waals surface area contributed by atoms with E-state index in [9.17, 15) is 9.59 Å². The Hall–Kier alpha value is -2.94. The second-order valence-corrected chi connectivity index (χ2v) is 5.08. The lowest BCUT2D eigenvalue weighted by Gasteiger charge is -1.98. The summed E-state index contributed by atoms with van der Waals surface area (Å²) in [4.78, 5) is 24.4. The summed E-state index contributed by atoms with van der Waals surface area (Å²) in [6, 6.07) is 14.3. The van der Waals surface area contributed by atoms with Gasteiger partial charge in [-0.05, 0) is 31.2 Å². The summed E-state index contributed by atoms with van der Waals surface area (Å²) in [5.41, 5.74) is 2.44. The van der Waals surface area contributed by atoms with Crippen molar-refractivity contribution in [2.24, 2.45) is 0 Å². The maximum Gasteiger partial charge on any atom is 0.199 e. The van der Waals surface area contributed by atoms with Crippen LogP contribution in [-0.2, 0) is 0 Å². The van der Waals surface area contributed by atoms with Gasteiger partial charge in [-0.2, -0.15) is 0 Å². The number of benzene rings is 2. The van der Waals surface area contributed by atoms with Gasteiger partial charge in [-0.3, -0.25) is 9.59 Å². The van der Waals surface area contributed by atoms with Crippen LogP contribution < -0.4 is 5.43 Å². The Labute approximate surface area is 127 Å². The minimum absolute atomic E-state index is 0.144. The SMILES string of the molecule is Cc1ccc(C(=O)/C=C/c2coc3ccccc3c2=O)cc1. The number of hydrogen-bond acceptors (Lipinski definition) is 3. The number of ketones is 1. The first-order chi connectivity index (χ1) is 10.6. The van der Waals surface area contributed by atoms with Gasteiger partial charge in [0.05, 0.1) is 10.9 Å². The van der Waals surface area contributed by atoms with Gasteiger partial charge in [0, 0.05) is 5.56 Å². The molecule has 0 spiro atoms. The van der Waals surface area contributed by atoms with Crippen molar-refractivity contribution in [1.29, 1.82) is 0 Å². The van der Waals surface area contributed by atoms with Gasteiger partial charge in [-0.25, -0.2) is 0 Å². The highest BCUT2D eigenvalue weighted by atomic mass is 16.3. The summed E-state index contributed by atoms with van der Waals surface area (Å²) >= 11 is 0. The molecule has 3 aromatic rings. The molecule has 0 radical (unpaired) electrons. The Morgan fingerprint density at radius 2 is 1.77 bits per heavy atom. The summed E-state index contributed by atoms with van der Waals surface area (Å²) in [5.74, 6) is -0.146. The molecule has 1 aromatic heterocycles. The molecule has 2 aromatic carbocycles. The van der Waals surface area contributed by atoms with E-state index in [0.29, 0.717) is 22.1 Å². The van der Waals surface area contributed by atoms with E-state index in [1.807, 2.05) is 25.1 Å². The Morgan fingerprint density at radius 3 is 2.55 bits per heavy atom. The van der Waals surface area contributed by atoms with Crippen molar-refractivity contribution >= 4 is 22.8 Å². The van der Waals surface area contributed by atoms with Gasteiger partial charge in [0.1, 0.15) is 11.8 Å². The van der Waals surface area contributed by atoms with E-state index in [2.05, 4.69) is 0 Å². The van der Waals surface area contributed by atoms with Gasteiger partial charge in [-0.15, -0.1) is 0 Å². The number of rotatable bonds is 3. The van der Waals surface area contributed by atoms with Crippen LogP contribution in [0.3, 0.4) is 0 Å². The average Bonchev–Trinajstić information content (AvgIpc) is 2.55. The van der Waals surface area contributed by atoms with Crippen molar-refractivity contribution < 1.29 is 9.21 Å². The predicted molar refractivity (Wildman–Crippen MR) is 87.0 cm³/mol. The van der Waals surface area contributed by atoms with Crippen LogP contribution in [0.1, 0.15) is 21.5 Å². The minimum atomic E-state index is -0.146. The molecule has 0 bridgehead atoms. The lowest BCUT2D eigenvalue weighted by molar-refractivity contribution is 0.104.